The molecule has 5 heteroatoms. The van der Waals surface area contributed by atoms with Crippen molar-refractivity contribution >= 4 is 23.3 Å². The van der Waals surface area contributed by atoms with E-state index in [4.69, 9.17) is 0 Å². The number of aromatic nitrogens is 4. The molecule has 0 aliphatic carbocycles. The molecule has 22 heavy (non-hydrogen) atoms. The van der Waals surface area contributed by atoms with Crippen LogP contribution in [0.15, 0.2) is 73.4 Å². The van der Waals surface area contributed by atoms with Gasteiger partial charge in [-0.1, -0.05) is 30.3 Å². The van der Waals surface area contributed by atoms with Crippen molar-refractivity contribution in [1.29, 1.82) is 0 Å². The first kappa shape index (κ1) is 14.2. The van der Waals surface area contributed by atoms with Crippen LogP contribution < -0.4 is 0 Å². The summed E-state index contributed by atoms with van der Waals surface area (Å²) in [6.07, 6.45) is 7.32. The molecule has 0 saturated heterocycles. The van der Waals surface area contributed by atoms with Gasteiger partial charge in [-0.15, -0.1) is 12.4 Å². The minimum absolute atomic E-state index is 0. The third-order valence-electron chi connectivity index (χ3n) is 3.40. The summed E-state index contributed by atoms with van der Waals surface area (Å²) in [6.45, 7) is 0. The predicted octanol–water partition coefficient (Wildman–Crippen LogP) is 3.90. The normalized spacial score (nSPS) is 10.4. The number of hydrogen-bond donors (Lipinski definition) is 0. The maximum absolute atomic E-state index is 4.67. The predicted molar refractivity (Wildman–Crippen MR) is 89.3 cm³/mol. The van der Waals surface area contributed by atoms with Gasteiger partial charge in [0.05, 0.1) is 11.8 Å². The number of benzene rings is 2. The molecular weight excluding hydrogens is 296 g/mol. The highest BCUT2D eigenvalue weighted by Crippen LogP contribution is 2.20. The molecule has 2 aromatic carbocycles. The van der Waals surface area contributed by atoms with Gasteiger partial charge in [0.15, 0.2) is 5.82 Å². The monoisotopic (exact) mass is 308 g/mol. The summed E-state index contributed by atoms with van der Waals surface area (Å²) in [4.78, 5) is 13.2. The van der Waals surface area contributed by atoms with Gasteiger partial charge < -0.3 is 4.57 Å². The molecule has 2 heterocycles. The van der Waals surface area contributed by atoms with E-state index in [-0.39, 0.29) is 12.4 Å². The Labute approximate surface area is 133 Å². The second-order valence-electron chi connectivity index (χ2n) is 4.77. The first-order valence-corrected chi connectivity index (χ1v) is 6.71. The first-order chi connectivity index (χ1) is 10.4. The van der Waals surface area contributed by atoms with Gasteiger partial charge in [-0.2, -0.15) is 0 Å². The van der Waals surface area contributed by atoms with Crippen LogP contribution in [0.5, 0.6) is 0 Å². The average Bonchev–Trinajstić information content (AvgIpc) is 3.09. The van der Waals surface area contributed by atoms with Crippen molar-refractivity contribution < 1.29 is 0 Å². The molecular formula is C17H13ClN4. The Hall–Kier alpha value is -2.72. The van der Waals surface area contributed by atoms with Gasteiger partial charge in [0.1, 0.15) is 0 Å². The van der Waals surface area contributed by atoms with Crippen LogP contribution in [0.3, 0.4) is 0 Å². The second-order valence-corrected chi connectivity index (χ2v) is 4.77. The van der Waals surface area contributed by atoms with Gasteiger partial charge in [-0.25, -0.2) is 15.0 Å². The van der Waals surface area contributed by atoms with Crippen LogP contribution in [0.4, 0.5) is 0 Å². The van der Waals surface area contributed by atoms with E-state index in [1.165, 1.54) is 0 Å². The molecule has 0 N–H and O–H groups in total. The van der Waals surface area contributed by atoms with E-state index < -0.39 is 0 Å². The molecule has 108 valence electrons. The van der Waals surface area contributed by atoms with E-state index in [0.717, 1.165) is 28.0 Å². The highest BCUT2D eigenvalue weighted by molar-refractivity contribution is 5.85. The minimum Gasteiger partial charge on any atom is -0.306 e. The van der Waals surface area contributed by atoms with Crippen LogP contribution in [0.2, 0.25) is 0 Å². The SMILES string of the molecule is Cl.c1ccc(-c2ncc3ccc(-n4ccnc4)cc3n2)cc1. The van der Waals surface area contributed by atoms with Crippen molar-refractivity contribution in [2.75, 3.05) is 0 Å². The highest BCUT2D eigenvalue weighted by atomic mass is 35.5. The molecule has 2 aromatic heterocycles. The van der Waals surface area contributed by atoms with Crippen molar-refractivity contribution in [1.82, 2.24) is 19.5 Å². The topological polar surface area (TPSA) is 43.6 Å². The lowest BCUT2D eigenvalue weighted by atomic mass is 10.2. The molecule has 4 rings (SSSR count). The molecule has 0 unspecified atom stereocenters. The molecule has 0 spiro atoms. The Bertz CT molecular complexity index is 889. The standard InChI is InChI=1S/C17H12N4.ClH/c1-2-4-13(5-3-1)17-19-11-14-6-7-15(10-16(14)20-17)21-9-8-18-12-21;/h1-12H;1H. The van der Waals surface area contributed by atoms with Gasteiger partial charge >= 0.3 is 0 Å². The van der Waals surface area contributed by atoms with Crippen LogP contribution >= 0.6 is 12.4 Å². The summed E-state index contributed by atoms with van der Waals surface area (Å²) in [5.41, 5.74) is 2.99. The fourth-order valence-electron chi connectivity index (χ4n) is 2.31. The Morgan fingerprint density at radius 3 is 2.59 bits per heavy atom. The summed E-state index contributed by atoms with van der Waals surface area (Å²) < 4.78 is 1.96. The average molecular weight is 309 g/mol. The quantitative estimate of drug-likeness (QED) is 0.564. The van der Waals surface area contributed by atoms with Gasteiger partial charge in [0, 0.05) is 35.2 Å². The van der Waals surface area contributed by atoms with Crippen LogP contribution in [0.1, 0.15) is 0 Å². The van der Waals surface area contributed by atoms with E-state index in [1.807, 2.05) is 65.5 Å². The smallest absolute Gasteiger partial charge is 0.159 e. The van der Waals surface area contributed by atoms with Gasteiger partial charge in [-0.3, -0.25) is 0 Å². The highest BCUT2D eigenvalue weighted by Gasteiger charge is 2.04. The van der Waals surface area contributed by atoms with Crippen LogP contribution in [0.25, 0.3) is 28.0 Å². The largest absolute Gasteiger partial charge is 0.306 e. The minimum atomic E-state index is 0. The lowest BCUT2D eigenvalue weighted by Crippen LogP contribution is -1.93. The van der Waals surface area contributed by atoms with E-state index >= 15 is 0 Å². The fourth-order valence-corrected chi connectivity index (χ4v) is 2.31. The summed E-state index contributed by atoms with van der Waals surface area (Å²) in [7, 11) is 0. The van der Waals surface area contributed by atoms with Crippen molar-refractivity contribution in [3.63, 3.8) is 0 Å². The van der Waals surface area contributed by atoms with Crippen molar-refractivity contribution in [3.05, 3.63) is 73.4 Å². The zero-order valence-corrected chi connectivity index (χ0v) is 12.4. The molecule has 0 amide bonds. The molecule has 0 saturated carbocycles. The molecule has 0 atom stereocenters. The zero-order valence-electron chi connectivity index (χ0n) is 11.6. The summed E-state index contributed by atoms with van der Waals surface area (Å²) in [5, 5.41) is 1.03. The Kier molecular flexibility index (Phi) is 3.85. The summed E-state index contributed by atoms with van der Waals surface area (Å²) in [5.74, 6) is 0.742. The lowest BCUT2D eigenvalue weighted by molar-refractivity contribution is 1.06. The third kappa shape index (κ3) is 2.56. The molecule has 4 nitrogen and oxygen atoms in total. The number of rotatable bonds is 2. The number of fused-ring (bicyclic) bond motifs is 1. The maximum atomic E-state index is 4.67. The fraction of sp³-hybridized carbons (Fsp3) is 0. The van der Waals surface area contributed by atoms with Crippen molar-refractivity contribution in [3.8, 4) is 17.1 Å². The van der Waals surface area contributed by atoms with E-state index in [0.29, 0.717) is 0 Å². The maximum Gasteiger partial charge on any atom is 0.159 e. The van der Waals surface area contributed by atoms with Gasteiger partial charge in [0.2, 0.25) is 0 Å². The van der Waals surface area contributed by atoms with Gasteiger partial charge in [0.25, 0.3) is 0 Å². The van der Waals surface area contributed by atoms with E-state index in [9.17, 15) is 0 Å². The van der Waals surface area contributed by atoms with Crippen LogP contribution in [0, 0.1) is 0 Å². The van der Waals surface area contributed by atoms with Crippen molar-refractivity contribution in [2.45, 2.75) is 0 Å². The Morgan fingerprint density at radius 2 is 1.82 bits per heavy atom. The van der Waals surface area contributed by atoms with Crippen molar-refractivity contribution in [2.24, 2.45) is 0 Å². The second kappa shape index (κ2) is 5.95. The Morgan fingerprint density at radius 1 is 0.955 bits per heavy atom. The molecule has 0 radical (unpaired) electrons. The molecule has 4 aromatic rings. The first-order valence-electron chi connectivity index (χ1n) is 6.71. The third-order valence-corrected chi connectivity index (χ3v) is 3.40. The Balaban J connectivity index is 0.00000144. The van der Waals surface area contributed by atoms with Crippen LogP contribution in [-0.2, 0) is 0 Å². The van der Waals surface area contributed by atoms with Crippen LogP contribution in [-0.4, -0.2) is 19.5 Å². The molecule has 0 aliphatic rings. The van der Waals surface area contributed by atoms with Gasteiger partial charge in [-0.05, 0) is 18.2 Å². The van der Waals surface area contributed by atoms with E-state index in [1.54, 1.807) is 12.5 Å². The lowest BCUT2D eigenvalue weighted by Gasteiger charge is -2.05. The number of halogens is 1. The molecule has 0 aliphatic heterocycles. The number of imidazole rings is 1. The van der Waals surface area contributed by atoms with E-state index in [2.05, 4.69) is 15.0 Å². The number of nitrogens with zero attached hydrogens (tertiary/aromatic N) is 4. The zero-order chi connectivity index (χ0) is 14.1. The summed E-state index contributed by atoms with van der Waals surface area (Å²) in [6, 6.07) is 16.1. The summed E-state index contributed by atoms with van der Waals surface area (Å²) >= 11 is 0. The molecule has 0 bridgehead atoms. The molecule has 0 fully saturated rings. The number of hydrogen-bond acceptors (Lipinski definition) is 3.